The zero-order chi connectivity index (χ0) is 69.8. The summed E-state index contributed by atoms with van der Waals surface area (Å²) < 4.78 is 17.2. The van der Waals surface area contributed by atoms with Gasteiger partial charge >= 0.3 is 17.9 Å². The first-order valence-corrected chi connectivity index (χ1v) is 45.5. The Morgan fingerprint density at radius 1 is 0.165 bits per heavy atom. The molecule has 1 unspecified atom stereocenters. The van der Waals surface area contributed by atoms with E-state index in [1.165, 1.54) is 449 Å². The second-order valence-corrected chi connectivity index (χ2v) is 31.6. The normalized spacial score (nSPS) is 11.9. The lowest BCUT2D eigenvalue weighted by atomic mass is 10.0. The monoisotopic (exact) mass is 1370 g/mol. The van der Waals surface area contributed by atoms with Crippen LogP contribution < -0.4 is 0 Å². The third-order valence-corrected chi connectivity index (χ3v) is 21.6. The summed E-state index contributed by atoms with van der Waals surface area (Å²) in [4.78, 5) is 38.8. The van der Waals surface area contributed by atoms with E-state index in [9.17, 15) is 14.4 Å². The first kappa shape index (κ1) is 95.4. The summed E-state index contributed by atoms with van der Waals surface area (Å²) in [5.41, 5.74) is 0. The van der Waals surface area contributed by atoms with E-state index < -0.39 is 6.10 Å². The predicted octanol–water partition coefficient (Wildman–Crippen LogP) is 32.0. The number of esters is 3. The first-order valence-electron chi connectivity index (χ1n) is 45.5. The molecule has 0 radical (unpaired) electrons. The number of carbonyl (C=O) groups is 3. The summed E-state index contributed by atoms with van der Waals surface area (Å²) >= 11 is 0. The molecule has 0 heterocycles. The van der Waals surface area contributed by atoms with Crippen molar-refractivity contribution in [2.45, 2.75) is 553 Å². The van der Waals surface area contributed by atoms with Crippen molar-refractivity contribution in [3.05, 3.63) is 0 Å². The average molecular weight is 1370 g/mol. The zero-order valence-corrected chi connectivity index (χ0v) is 66.9. The molecule has 0 bridgehead atoms. The van der Waals surface area contributed by atoms with Gasteiger partial charge in [0.2, 0.25) is 0 Å². The van der Waals surface area contributed by atoms with Gasteiger partial charge in [-0.15, -0.1) is 0 Å². The van der Waals surface area contributed by atoms with Gasteiger partial charge in [-0.3, -0.25) is 14.4 Å². The molecular formula is C91H178O6. The van der Waals surface area contributed by atoms with Gasteiger partial charge in [0.15, 0.2) is 6.10 Å². The van der Waals surface area contributed by atoms with E-state index >= 15 is 0 Å². The molecule has 0 amide bonds. The summed E-state index contributed by atoms with van der Waals surface area (Å²) in [6.07, 6.45) is 108. The lowest BCUT2D eigenvalue weighted by Crippen LogP contribution is -2.30. The molecule has 578 valence electrons. The molecule has 0 rings (SSSR count). The molecule has 6 nitrogen and oxygen atoms in total. The van der Waals surface area contributed by atoms with Crippen molar-refractivity contribution in [2.75, 3.05) is 13.2 Å². The molecule has 6 heteroatoms. The maximum absolute atomic E-state index is 13.1. The molecule has 0 saturated carbocycles. The largest absolute Gasteiger partial charge is 0.462 e. The SMILES string of the molecule is CCCCCCCCCCCCCCCCCCCCCCCCCCCCCC(=O)OCC(COC(=O)CCCCCCCCCCCCCCCCCCCCCCCCCCC)OC(=O)CCCCCCCCCCCCCCCCCCCCCCCCCCCCC. The lowest BCUT2D eigenvalue weighted by Gasteiger charge is -2.18. The molecule has 0 aliphatic carbocycles. The van der Waals surface area contributed by atoms with Crippen LogP contribution in [-0.4, -0.2) is 37.2 Å². The van der Waals surface area contributed by atoms with Crippen LogP contribution in [0.3, 0.4) is 0 Å². The van der Waals surface area contributed by atoms with Gasteiger partial charge < -0.3 is 14.2 Å². The van der Waals surface area contributed by atoms with Gasteiger partial charge in [0.1, 0.15) is 13.2 Å². The van der Waals surface area contributed by atoms with Crippen LogP contribution in [0.2, 0.25) is 0 Å². The third kappa shape index (κ3) is 85.0. The predicted molar refractivity (Wildman–Crippen MR) is 427 cm³/mol. The summed E-state index contributed by atoms with van der Waals surface area (Å²) in [5.74, 6) is -0.803. The van der Waals surface area contributed by atoms with Gasteiger partial charge in [-0.2, -0.15) is 0 Å². The summed E-state index contributed by atoms with van der Waals surface area (Å²) in [6, 6.07) is 0. The fourth-order valence-electron chi connectivity index (χ4n) is 14.8. The Balaban J connectivity index is 4.24. The van der Waals surface area contributed by atoms with E-state index in [1.807, 2.05) is 0 Å². The van der Waals surface area contributed by atoms with Crippen molar-refractivity contribution >= 4 is 17.9 Å². The molecule has 0 saturated heterocycles. The minimum Gasteiger partial charge on any atom is -0.462 e. The van der Waals surface area contributed by atoms with Gasteiger partial charge in [-0.1, -0.05) is 509 Å². The maximum atomic E-state index is 13.1. The van der Waals surface area contributed by atoms with Crippen molar-refractivity contribution in [3.8, 4) is 0 Å². The summed E-state index contributed by atoms with van der Waals surface area (Å²) in [5, 5.41) is 0. The molecule has 0 N–H and O–H groups in total. The molecule has 0 spiro atoms. The maximum Gasteiger partial charge on any atom is 0.306 e. The molecule has 0 fully saturated rings. The average Bonchev–Trinajstić information content (AvgIpc) is 3.52. The fraction of sp³-hybridized carbons (Fsp3) is 0.967. The van der Waals surface area contributed by atoms with Gasteiger partial charge in [-0.05, 0) is 19.3 Å². The van der Waals surface area contributed by atoms with Gasteiger partial charge in [0.05, 0.1) is 0 Å². The standard InChI is InChI=1S/C91H178O6/c1-4-7-10-13-16-19-22-25-28-31-34-37-40-43-45-48-51-54-57-60-63-66-69-72-75-78-81-84-90(93)96-87-88(86-95-89(92)83-80-77-74-71-68-65-62-59-56-53-50-47-42-39-36-33-30-27-24-21-18-15-12-9-6-3)97-91(94)85-82-79-76-73-70-67-64-61-58-55-52-49-46-44-41-38-35-32-29-26-23-20-17-14-11-8-5-2/h88H,4-87H2,1-3H3. The lowest BCUT2D eigenvalue weighted by molar-refractivity contribution is -0.167. The molecular weight excluding hydrogens is 1190 g/mol. The Labute approximate surface area is 609 Å². The molecule has 1 atom stereocenters. The van der Waals surface area contributed by atoms with Crippen LogP contribution in [0.1, 0.15) is 547 Å². The highest BCUT2D eigenvalue weighted by Crippen LogP contribution is 2.22. The van der Waals surface area contributed by atoms with E-state index in [1.54, 1.807) is 0 Å². The third-order valence-electron chi connectivity index (χ3n) is 21.6. The molecule has 0 aromatic carbocycles. The number of unbranched alkanes of at least 4 members (excludes halogenated alkanes) is 76. The van der Waals surface area contributed by atoms with Gasteiger partial charge in [-0.25, -0.2) is 0 Å². The van der Waals surface area contributed by atoms with Crippen LogP contribution in [0.15, 0.2) is 0 Å². The molecule has 97 heavy (non-hydrogen) atoms. The fourth-order valence-corrected chi connectivity index (χ4v) is 14.8. The van der Waals surface area contributed by atoms with Crippen LogP contribution in [0.4, 0.5) is 0 Å². The van der Waals surface area contributed by atoms with E-state index in [0.29, 0.717) is 19.3 Å². The smallest absolute Gasteiger partial charge is 0.306 e. The van der Waals surface area contributed by atoms with E-state index in [0.717, 1.165) is 57.8 Å². The van der Waals surface area contributed by atoms with E-state index in [-0.39, 0.29) is 31.1 Å². The van der Waals surface area contributed by atoms with E-state index in [2.05, 4.69) is 20.8 Å². The Bertz CT molecular complexity index is 1480. The summed E-state index contributed by atoms with van der Waals surface area (Å²) in [6.45, 7) is 6.79. The van der Waals surface area contributed by atoms with Gasteiger partial charge in [0, 0.05) is 19.3 Å². The van der Waals surface area contributed by atoms with Crippen molar-refractivity contribution in [1.82, 2.24) is 0 Å². The molecule has 0 aliphatic rings. The number of ether oxygens (including phenoxy) is 3. The Morgan fingerprint density at radius 2 is 0.278 bits per heavy atom. The number of rotatable bonds is 87. The minimum atomic E-state index is -0.767. The number of hydrogen-bond acceptors (Lipinski definition) is 6. The molecule has 0 aromatic heterocycles. The highest BCUT2D eigenvalue weighted by atomic mass is 16.6. The van der Waals surface area contributed by atoms with Crippen molar-refractivity contribution in [2.24, 2.45) is 0 Å². The highest BCUT2D eigenvalue weighted by Gasteiger charge is 2.20. The van der Waals surface area contributed by atoms with Crippen LogP contribution in [0.25, 0.3) is 0 Å². The van der Waals surface area contributed by atoms with Crippen molar-refractivity contribution in [3.63, 3.8) is 0 Å². The van der Waals surface area contributed by atoms with Crippen LogP contribution in [-0.2, 0) is 28.6 Å². The van der Waals surface area contributed by atoms with E-state index in [4.69, 9.17) is 14.2 Å². The van der Waals surface area contributed by atoms with Crippen molar-refractivity contribution in [1.29, 1.82) is 0 Å². The Hall–Kier alpha value is -1.59. The van der Waals surface area contributed by atoms with Crippen LogP contribution in [0, 0.1) is 0 Å². The highest BCUT2D eigenvalue weighted by molar-refractivity contribution is 5.71. The quantitative estimate of drug-likeness (QED) is 0.0343. The van der Waals surface area contributed by atoms with Gasteiger partial charge in [0.25, 0.3) is 0 Å². The minimum absolute atomic E-state index is 0.0591. The Kier molecular flexibility index (Phi) is 85.4. The second kappa shape index (κ2) is 86.8. The Morgan fingerprint density at radius 3 is 0.412 bits per heavy atom. The molecule has 0 aromatic rings. The number of carbonyl (C=O) groups excluding carboxylic acids is 3. The topological polar surface area (TPSA) is 78.9 Å². The first-order chi connectivity index (χ1) is 48.0. The van der Waals surface area contributed by atoms with Crippen LogP contribution >= 0.6 is 0 Å². The second-order valence-electron chi connectivity index (χ2n) is 31.6. The van der Waals surface area contributed by atoms with Crippen molar-refractivity contribution < 1.29 is 28.6 Å². The number of hydrogen-bond donors (Lipinski definition) is 0. The molecule has 0 aliphatic heterocycles. The summed E-state index contributed by atoms with van der Waals surface area (Å²) in [7, 11) is 0. The van der Waals surface area contributed by atoms with Crippen LogP contribution in [0.5, 0.6) is 0 Å². The zero-order valence-electron chi connectivity index (χ0n) is 66.9.